The molecule has 21 heavy (non-hydrogen) atoms. The van der Waals surface area contributed by atoms with Crippen molar-refractivity contribution in [3.63, 3.8) is 0 Å². The highest BCUT2D eigenvalue weighted by atomic mass is 14.9. The number of hydrogen-bond donors (Lipinski definition) is 1. The topological polar surface area (TPSA) is 24.9 Å². The highest BCUT2D eigenvalue weighted by Crippen LogP contribution is 2.33. The maximum atomic E-state index is 4.43. The van der Waals surface area contributed by atoms with Gasteiger partial charge in [0.25, 0.3) is 0 Å². The van der Waals surface area contributed by atoms with Crippen LogP contribution < -0.4 is 5.32 Å². The smallest absolute Gasteiger partial charge is 0.0702 e. The lowest BCUT2D eigenvalue weighted by atomic mass is 9.82. The van der Waals surface area contributed by atoms with Gasteiger partial charge < -0.3 is 5.32 Å². The first kappa shape index (κ1) is 14.5. The molecule has 0 spiro atoms. The summed E-state index contributed by atoms with van der Waals surface area (Å²) in [4.78, 5) is 4.43. The van der Waals surface area contributed by atoms with Gasteiger partial charge >= 0.3 is 0 Å². The highest BCUT2D eigenvalue weighted by Gasteiger charge is 2.22. The second-order valence-electron chi connectivity index (χ2n) is 6.33. The Morgan fingerprint density at radius 3 is 2.57 bits per heavy atom. The molecule has 112 valence electrons. The molecule has 3 rings (SSSR count). The Bertz CT molecular complexity index is 571. The van der Waals surface area contributed by atoms with Crippen molar-refractivity contribution in [3.05, 3.63) is 42.1 Å². The Balaban J connectivity index is 1.85. The van der Waals surface area contributed by atoms with E-state index in [9.17, 15) is 0 Å². The van der Waals surface area contributed by atoms with E-state index in [1.807, 2.05) is 12.3 Å². The van der Waals surface area contributed by atoms with Gasteiger partial charge in [-0.2, -0.15) is 0 Å². The molecular formula is C19H26N2. The first-order valence-electron chi connectivity index (χ1n) is 8.40. The maximum absolute atomic E-state index is 4.43. The van der Waals surface area contributed by atoms with E-state index >= 15 is 0 Å². The fourth-order valence-corrected chi connectivity index (χ4v) is 3.78. The van der Waals surface area contributed by atoms with E-state index in [0.717, 1.165) is 11.4 Å². The third-order valence-electron chi connectivity index (χ3n) is 4.92. The van der Waals surface area contributed by atoms with Gasteiger partial charge in [-0.3, -0.25) is 4.98 Å². The zero-order valence-electron chi connectivity index (χ0n) is 13.0. The number of nitrogens with zero attached hydrogens (tertiary/aromatic N) is 1. The normalized spacial score (nSPS) is 19.1. The molecule has 2 nitrogen and oxygen atoms in total. The third kappa shape index (κ3) is 3.44. The molecule has 2 aromatic rings. The van der Waals surface area contributed by atoms with E-state index < -0.39 is 0 Å². The zero-order valence-corrected chi connectivity index (χ0v) is 13.0. The molecule has 0 aliphatic heterocycles. The molecule has 0 saturated heterocycles. The lowest BCUT2D eigenvalue weighted by Crippen LogP contribution is -2.26. The molecule has 1 unspecified atom stereocenters. The number of benzene rings is 1. The van der Waals surface area contributed by atoms with Gasteiger partial charge in [0.05, 0.1) is 5.52 Å². The summed E-state index contributed by atoms with van der Waals surface area (Å²) in [7, 11) is 2.11. The Hall–Kier alpha value is -1.41. The van der Waals surface area contributed by atoms with Crippen LogP contribution in [0.3, 0.4) is 0 Å². The van der Waals surface area contributed by atoms with Crippen molar-refractivity contribution < 1.29 is 0 Å². The summed E-state index contributed by atoms with van der Waals surface area (Å²) < 4.78 is 0. The molecule has 2 heteroatoms. The van der Waals surface area contributed by atoms with Crippen LogP contribution in [0.5, 0.6) is 0 Å². The second kappa shape index (κ2) is 7.04. The fourth-order valence-electron chi connectivity index (χ4n) is 3.78. The fraction of sp³-hybridized carbons (Fsp3) is 0.526. The van der Waals surface area contributed by atoms with E-state index in [-0.39, 0.29) is 0 Å². The first-order chi connectivity index (χ1) is 10.4. The van der Waals surface area contributed by atoms with Gasteiger partial charge in [0.2, 0.25) is 0 Å². The first-order valence-corrected chi connectivity index (χ1v) is 8.40. The van der Waals surface area contributed by atoms with Gasteiger partial charge in [0.15, 0.2) is 0 Å². The average molecular weight is 282 g/mol. The maximum Gasteiger partial charge on any atom is 0.0702 e. The van der Waals surface area contributed by atoms with Crippen LogP contribution in [0.1, 0.15) is 56.6 Å². The molecule has 1 aromatic heterocycles. The minimum Gasteiger partial charge on any atom is -0.313 e. The monoisotopic (exact) mass is 282 g/mol. The number of hydrogen-bond acceptors (Lipinski definition) is 2. The molecule has 1 N–H and O–H groups in total. The van der Waals surface area contributed by atoms with E-state index in [4.69, 9.17) is 0 Å². The minimum atomic E-state index is 0.479. The molecule has 1 atom stereocenters. The summed E-state index contributed by atoms with van der Waals surface area (Å²) in [6, 6.07) is 11.4. The van der Waals surface area contributed by atoms with Crippen molar-refractivity contribution >= 4 is 10.9 Å². The molecule has 1 fully saturated rings. The summed E-state index contributed by atoms with van der Waals surface area (Å²) in [5.74, 6) is 0.768. The Kier molecular flexibility index (Phi) is 4.87. The van der Waals surface area contributed by atoms with Gasteiger partial charge in [0, 0.05) is 17.6 Å². The van der Waals surface area contributed by atoms with Crippen LogP contribution in [0.4, 0.5) is 0 Å². The predicted molar refractivity (Wildman–Crippen MR) is 89.4 cm³/mol. The van der Waals surface area contributed by atoms with Crippen LogP contribution in [-0.2, 0) is 0 Å². The molecule has 1 saturated carbocycles. The quantitative estimate of drug-likeness (QED) is 0.870. The van der Waals surface area contributed by atoms with Crippen LogP contribution in [0.2, 0.25) is 0 Å². The molecule has 0 amide bonds. The largest absolute Gasteiger partial charge is 0.313 e. The number of aromatic nitrogens is 1. The molecule has 0 radical (unpaired) electrons. The molecular weight excluding hydrogens is 256 g/mol. The van der Waals surface area contributed by atoms with Crippen LogP contribution in [-0.4, -0.2) is 12.0 Å². The number of nitrogens with one attached hydrogen (secondary N) is 1. The van der Waals surface area contributed by atoms with Crippen LogP contribution in [0.25, 0.3) is 10.9 Å². The van der Waals surface area contributed by atoms with Crippen molar-refractivity contribution in [1.29, 1.82) is 0 Å². The van der Waals surface area contributed by atoms with E-state index in [1.54, 1.807) is 0 Å². The number of rotatable bonds is 3. The van der Waals surface area contributed by atoms with Crippen molar-refractivity contribution in [2.45, 2.75) is 51.0 Å². The molecule has 0 bridgehead atoms. The zero-order chi connectivity index (χ0) is 14.5. The summed E-state index contributed by atoms with van der Waals surface area (Å²) in [6.07, 6.45) is 11.6. The lowest BCUT2D eigenvalue weighted by molar-refractivity contribution is 0.299. The van der Waals surface area contributed by atoms with E-state index in [1.165, 1.54) is 55.9 Å². The number of pyridine rings is 1. The lowest BCUT2D eigenvalue weighted by Gasteiger charge is -2.29. The van der Waals surface area contributed by atoms with Crippen molar-refractivity contribution in [1.82, 2.24) is 10.3 Å². The van der Waals surface area contributed by atoms with Gasteiger partial charge in [-0.1, -0.05) is 44.2 Å². The second-order valence-corrected chi connectivity index (χ2v) is 6.33. The molecule has 1 aromatic carbocycles. The summed E-state index contributed by atoms with van der Waals surface area (Å²) in [5.41, 5.74) is 2.51. The SMILES string of the molecule is CNC(c1ccc2ncccc2c1)C1CCCCCCC1. The van der Waals surface area contributed by atoms with Gasteiger partial charge in [0.1, 0.15) is 0 Å². The number of fused-ring (bicyclic) bond motifs is 1. The van der Waals surface area contributed by atoms with E-state index in [0.29, 0.717) is 6.04 Å². The van der Waals surface area contributed by atoms with Gasteiger partial charge in [-0.25, -0.2) is 0 Å². The third-order valence-corrected chi connectivity index (χ3v) is 4.92. The van der Waals surface area contributed by atoms with Crippen LogP contribution >= 0.6 is 0 Å². The van der Waals surface area contributed by atoms with E-state index in [2.05, 4.69) is 41.6 Å². The van der Waals surface area contributed by atoms with Crippen molar-refractivity contribution in [3.8, 4) is 0 Å². The Morgan fingerprint density at radius 2 is 1.81 bits per heavy atom. The summed E-state index contributed by atoms with van der Waals surface area (Å²) in [5, 5.41) is 4.83. The van der Waals surface area contributed by atoms with Crippen molar-refractivity contribution in [2.24, 2.45) is 5.92 Å². The molecule has 1 aliphatic carbocycles. The predicted octanol–water partition coefficient (Wildman–Crippen LogP) is 4.86. The summed E-state index contributed by atoms with van der Waals surface area (Å²) in [6.45, 7) is 0. The van der Waals surface area contributed by atoms with Crippen LogP contribution in [0.15, 0.2) is 36.5 Å². The van der Waals surface area contributed by atoms with Gasteiger partial charge in [-0.05, 0) is 49.6 Å². The molecule has 1 heterocycles. The molecule has 1 aliphatic rings. The Labute approximate surface area is 128 Å². The Morgan fingerprint density at radius 1 is 1.05 bits per heavy atom. The highest BCUT2D eigenvalue weighted by molar-refractivity contribution is 5.79. The van der Waals surface area contributed by atoms with Gasteiger partial charge in [-0.15, -0.1) is 0 Å². The van der Waals surface area contributed by atoms with Crippen molar-refractivity contribution in [2.75, 3.05) is 7.05 Å². The minimum absolute atomic E-state index is 0.479. The van der Waals surface area contributed by atoms with Crippen LogP contribution in [0, 0.1) is 5.92 Å². The average Bonchev–Trinajstić information content (AvgIpc) is 2.49. The summed E-state index contributed by atoms with van der Waals surface area (Å²) >= 11 is 0. The standard InChI is InChI=1S/C19H26N2/c1-20-19(15-8-5-3-2-4-6-9-15)17-11-12-18-16(14-17)10-7-13-21-18/h7,10-15,19-20H,2-6,8-9H2,1H3.